The minimum absolute atomic E-state index is 0.0775. The molecule has 0 bridgehead atoms. The summed E-state index contributed by atoms with van der Waals surface area (Å²) in [6.45, 7) is 2.17. The Kier molecular flexibility index (Phi) is 3.59. The second-order valence-corrected chi connectivity index (χ2v) is 6.46. The van der Waals surface area contributed by atoms with Crippen molar-refractivity contribution in [3.8, 4) is 6.07 Å². The molecule has 1 aliphatic heterocycles. The number of fused-ring (bicyclic) bond motifs is 1. The van der Waals surface area contributed by atoms with E-state index in [-0.39, 0.29) is 12.0 Å². The van der Waals surface area contributed by atoms with Crippen LogP contribution < -0.4 is 0 Å². The molecule has 2 aliphatic carbocycles. The maximum atomic E-state index is 10.0. The van der Waals surface area contributed by atoms with Crippen molar-refractivity contribution in [2.24, 2.45) is 17.8 Å². The fraction of sp³-hybridized carbons (Fsp3) is 0.933. The number of likely N-dealkylation sites (tertiary alicyclic amines) is 1. The molecular weight excluding hydrogens is 224 g/mol. The Labute approximate surface area is 110 Å². The highest BCUT2D eigenvalue weighted by molar-refractivity contribution is 5.01. The van der Waals surface area contributed by atoms with E-state index in [0.717, 1.165) is 25.9 Å². The Morgan fingerprint density at radius 3 is 2.61 bits per heavy atom. The molecule has 5 atom stereocenters. The highest BCUT2D eigenvalue weighted by Crippen LogP contribution is 2.41. The first-order chi connectivity index (χ1) is 8.79. The predicted octanol–water partition coefficient (Wildman–Crippen LogP) is 2.16. The number of hydrogen-bond donors (Lipinski definition) is 1. The summed E-state index contributed by atoms with van der Waals surface area (Å²) in [5, 5.41) is 19.4. The van der Waals surface area contributed by atoms with E-state index >= 15 is 0 Å². The van der Waals surface area contributed by atoms with Crippen LogP contribution in [0.3, 0.4) is 0 Å². The third kappa shape index (κ3) is 2.17. The van der Waals surface area contributed by atoms with Crippen LogP contribution in [-0.4, -0.2) is 35.2 Å². The number of aliphatic hydroxyl groups is 1. The Hall–Kier alpha value is -0.590. The molecule has 0 spiro atoms. The smallest absolute Gasteiger partial charge is 0.0672 e. The van der Waals surface area contributed by atoms with Gasteiger partial charge in [0.1, 0.15) is 0 Å². The standard InChI is InChI=1S/C15H24N2O/c16-8-11-4-2-1-3-5-14(11)17-9-12-6-7-15(18)13(12)10-17/h11-15,18H,1-7,9-10H2. The van der Waals surface area contributed by atoms with Gasteiger partial charge in [-0.3, -0.25) is 4.90 Å². The molecule has 1 N–H and O–H groups in total. The van der Waals surface area contributed by atoms with Gasteiger partial charge in [-0.1, -0.05) is 19.3 Å². The lowest BCUT2D eigenvalue weighted by atomic mass is 9.95. The average Bonchev–Trinajstić information content (AvgIpc) is 2.84. The molecule has 1 saturated heterocycles. The van der Waals surface area contributed by atoms with Gasteiger partial charge in [0.2, 0.25) is 0 Å². The van der Waals surface area contributed by atoms with E-state index in [1.807, 2.05) is 0 Å². The second kappa shape index (κ2) is 5.19. The number of rotatable bonds is 1. The molecule has 0 radical (unpaired) electrons. The highest BCUT2D eigenvalue weighted by atomic mass is 16.3. The first kappa shape index (κ1) is 12.4. The minimum atomic E-state index is -0.0775. The summed E-state index contributed by atoms with van der Waals surface area (Å²) in [4.78, 5) is 2.54. The zero-order chi connectivity index (χ0) is 12.5. The Balaban J connectivity index is 1.69. The van der Waals surface area contributed by atoms with Crippen LogP contribution in [0, 0.1) is 29.1 Å². The van der Waals surface area contributed by atoms with Crippen molar-refractivity contribution >= 4 is 0 Å². The number of nitrogens with zero attached hydrogens (tertiary/aromatic N) is 2. The van der Waals surface area contributed by atoms with Gasteiger partial charge < -0.3 is 5.11 Å². The van der Waals surface area contributed by atoms with E-state index in [0.29, 0.717) is 17.9 Å². The van der Waals surface area contributed by atoms with Gasteiger partial charge in [-0.25, -0.2) is 0 Å². The van der Waals surface area contributed by atoms with E-state index < -0.39 is 0 Å². The van der Waals surface area contributed by atoms with E-state index in [2.05, 4.69) is 11.0 Å². The fourth-order valence-electron chi connectivity index (χ4n) is 4.42. The van der Waals surface area contributed by atoms with E-state index in [1.54, 1.807) is 0 Å². The molecule has 0 aromatic carbocycles. The molecule has 0 aromatic rings. The SMILES string of the molecule is N#CC1CCCCCC1N1CC2CCC(O)C2C1. The first-order valence-electron chi connectivity index (χ1n) is 7.61. The molecule has 0 aromatic heterocycles. The molecule has 3 fully saturated rings. The maximum absolute atomic E-state index is 10.0. The molecule has 3 heteroatoms. The molecular formula is C15H24N2O. The second-order valence-electron chi connectivity index (χ2n) is 6.46. The van der Waals surface area contributed by atoms with Gasteiger partial charge in [0.25, 0.3) is 0 Å². The third-order valence-corrected chi connectivity index (χ3v) is 5.46. The Morgan fingerprint density at radius 2 is 1.83 bits per heavy atom. The van der Waals surface area contributed by atoms with Gasteiger partial charge in [-0.15, -0.1) is 0 Å². The van der Waals surface area contributed by atoms with Crippen molar-refractivity contribution in [2.75, 3.05) is 13.1 Å². The summed E-state index contributed by atoms with van der Waals surface area (Å²) in [5.74, 6) is 1.42. The lowest BCUT2D eigenvalue weighted by molar-refractivity contribution is 0.111. The van der Waals surface area contributed by atoms with Crippen molar-refractivity contribution in [1.29, 1.82) is 5.26 Å². The van der Waals surface area contributed by atoms with Crippen LogP contribution in [0.1, 0.15) is 44.9 Å². The van der Waals surface area contributed by atoms with Crippen LogP contribution in [0.25, 0.3) is 0 Å². The van der Waals surface area contributed by atoms with Gasteiger partial charge in [0.05, 0.1) is 18.1 Å². The summed E-state index contributed by atoms with van der Waals surface area (Å²) >= 11 is 0. The summed E-state index contributed by atoms with van der Waals surface area (Å²) < 4.78 is 0. The van der Waals surface area contributed by atoms with E-state index in [9.17, 15) is 10.4 Å². The van der Waals surface area contributed by atoms with E-state index in [1.165, 1.54) is 32.1 Å². The summed E-state index contributed by atoms with van der Waals surface area (Å²) in [6, 6.07) is 3.01. The molecule has 3 aliphatic rings. The monoisotopic (exact) mass is 248 g/mol. The number of hydrogen-bond acceptors (Lipinski definition) is 3. The topological polar surface area (TPSA) is 47.3 Å². The highest BCUT2D eigenvalue weighted by Gasteiger charge is 2.44. The van der Waals surface area contributed by atoms with E-state index in [4.69, 9.17) is 0 Å². The largest absolute Gasteiger partial charge is 0.393 e. The third-order valence-electron chi connectivity index (χ3n) is 5.46. The van der Waals surface area contributed by atoms with Crippen molar-refractivity contribution < 1.29 is 5.11 Å². The van der Waals surface area contributed by atoms with Crippen LogP contribution in [0.5, 0.6) is 0 Å². The summed E-state index contributed by atoms with van der Waals surface area (Å²) in [7, 11) is 0. The molecule has 3 rings (SSSR count). The first-order valence-corrected chi connectivity index (χ1v) is 7.61. The molecule has 0 amide bonds. The zero-order valence-corrected chi connectivity index (χ0v) is 11.1. The minimum Gasteiger partial charge on any atom is -0.393 e. The summed E-state index contributed by atoms with van der Waals surface area (Å²) in [6.07, 6.45) is 8.16. The molecule has 1 heterocycles. The van der Waals surface area contributed by atoms with Crippen LogP contribution in [0.4, 0.5) is 0 Å². The molecule has 100 valence electrons. The lowest BCUT2D eigenvalue weighted by Crippen LogP contribution is -2.39. The summed E-state index contributed by atoms with van der Waals surface area (Å²) in [5.41, 5.74) is 0. The molecule has 2 saturated carbocycles. The van der Waals surface area contributed by atoms with Crippen molar-refractivity contribution in [2.45, 2.75) is 57.1 Å². The van der Waals surface area contributed by atoms with Gasteiger partial charge in [-0.2, -0.15) is 5.26 Å². The number of aliphatic hydroxyl groups excluding tert-OH is 1. The molecule has 3 nitrogen and oxygen atoms in total. The fourth-order valence-corrected chi connectivity index (χ4v) is 4.42. The van der Waals surface area contributed by atoms with Gasteiger partial charge in [0.15, 0.2) is 0 Å². The van der Waals surface area contributed by atoms with Gasteiger partial charge in [0, 0.05) is 25.0 Å². The predicted molar refractivity (Wildman–Crippen MR) is 69.8 cm³/mol. The van der Waals surface area contributed by atoms with Crippen LogP contribution in [0.2, 0.25) is 0 Å². The lowest BCUT2D eigenvalue weighted by Gasteiger charge is -2.31. The van der Waals surface area contributed by atoms with Crippen LogP contribution in [-0.2, 0) is 0 Å². The normalized spacial score (nSPS) is 45.4. The van der Waals surface area contributed by atoms with Crippen molar-refractivity contribution in [3.05, 3.63) is 0 Å². The quantitative estimate of drug-likeness (QED) is 0.723. The molecule has 5 unspecified atom stereocenters. The zero-order valence-electron chi connectivity index (χ0n) is 11.1. The van der Waals surface area contributed by atoms with Crippen LogP contribution >= 0.6 is 0 Å². The van der Waals surface area contributed by atoms with Crippen molar-refractivity contribution in [3.63, 3.8) is 0 Å². The van der Waals surface area contributed by atoms with Gasteiger partial charge >= 0.3 is 0 Å². The Bertz CT molecular complexity index is 338. The Morgan fingerprint density at radius 1 is 1.00 bits per heavy atom. The maximum Gasteiger partial charge on any atom is 0.0672 e. The number of nitriles is 1. The van der Waals surface area contributed by atoms with Gasteiger partial charge in [-0.05, 0) is 31.6 Å². The average molecular weight is 248 g/mol. The molecule has 18 heavy (non-hydrogen) atoms. The van der Waals surface area contributed by atoms with Crippen molar-refractivity contribution in [1.82, 2.24) is 4.90 Å². The van der Waals surface area contributed by atoms with Crippen LogP contribution in [0.15, 0.2) is 0 Å².